The molecule has 4 heteroatoms. The summed E-state index contributed by atoms with van der Waals surface area (Å²) in [5.74, 6) is 0.195. The molecule has 0 bridgehead atoms. The summed E-state index contributed by atoms with van der Waals surface area (Å²) in [6.45, 7) is 0.868. The average Bonchev–Trinajstić information content (AvgIpc) is 2.34. The van der Waals surface area contributed by atoms with Crippen LogP contribution in [-0.2, 0) is 6.54 Å². The van der Waals surface area contributed by atoms with Gasteiger partial charge in [-0.25, -0.2) is 0 Å². The van der Waals surface area contributed by atoms with Crippen LogP contribution in [0.3, 0.4) is 0 Å². The normalized spacial score (nSPS) is 16.6. The largest absolute Gasteiger partial charge is 0.292 e. The van der Waals surface area contributed by atoms with Crippen molar-refractivity contribution in [3.63, 3.8) is 0 Å². The minimum atomic E-state index is 0.195. The Hall–Kier alpha value is -0.640. The van der Waals surface area contributed by atoms with E-state index < -0.39 is 0 Å². The molecule has 0 atom stereocenters. The van der Waals surface area contributed by atoms with Gasteiger partial charge in [0.1, 0.15) is 5.69 Å². The molecule has 0 saturated heterocycles. The molecule has 0 fully saturated rings. The molecule has 2 heterocycles. The van der Waals surface area contributed by atoms with Crippen molar-refractivity contribution in [3.8, 4) is 0 Å². The Labute approximate surface area is 72.5 Å². The predicted molar refractivity (Wildman–Crippen MR) is 43.5 cm³/mol. The SMILES string of the molecule is O=C1CCCn2ncc(Br)c21. The van der Waals surface area contributed by atoms with Gasteiger partial charge in [-0.05, 0) is 22.4 Å². The number of carbonyl (C=O) groups excluding carboxylic acids is 1. The molecule has 2 rings (SSSR count). The van der Waals surface area contributed by atoms with E-state index in [1.165, 1.54) is 0 Å². The molecule has 3 nitrogen and oxygen atoms in total. The lowest BCUT2D eigenvalue weighted by Crippen LogP contribution is -2.17. The average molecular weight is 215 g/mol. The van der Waals surface area contributed by atoms with E-state index in [-0.39, 0.29) is 5.78 Å². The van der Waals surface area contributed by atoms with Crippen LogP contribution in [0.15, 0.2) is 10.7 Å². The van der Waals surface area contributed by atoms with Gasteiger partial charge in [0.15, 0.2) is 5.78 Å². The number of aryl methyl sites for hydroxylation is 1. The second-order valence-corrected chi connectivity index (χ2v) is 3.45. The molecule has 1 aromatic rings. The van der Waals surface area contributed by atoms with E-state index in [0.29, 0.717) is 6.42 Å². The van der Waals surface area contributed by atoms with Gasteiger partial charge in [-0.3, -0.25) is 9.48 Å². The molecular formula is C7H7BrN2O. The number of ketones is 1. The maximum atomic E-state index is 11.3. The third-order valence-corrected chi connectivity index (χ3v) is 2.41. The number of hydrogen-bond acceptors (Lipinski definition) is 2. The molecule has 0 saturated carbocycles. The van der Waals surface area contributed by atoms with Crippen LogP contribution in [-0.4, -0.2) is 15.6 Å². The molecule has 0 aliphatic carbocycles. The van der Waals surface area contributed by atoms with E-state index in [2.05, 4.69) is 21.0 Å². The Morgan fingerprint density at radius 3 is 3.18 bits per heavy atom. The first kappa shape index (κ1) is 7.03. The number of halogens is 1. The second kappa shape index (κ2) is 2.44. The van der Waals surface area contributed by atoms with Gasteiger partial charge in [0.25, 0.3) is 0 Å². The lowest BCUT2D eigenvalue weighted by Gasteiger charge is -2.11. The Kier molecular flexibility index (Phi) is 1.56. The molecule has 1 aliphatic rings. The maximum absolute atomic E-state index is 11.3. The Balaban J connectivity index is 2.56. The maximum Gasteiger partial charge on any atom is 0.182 e. The summed E-state index contributed by atoms with van der Waals surface area (Å²) in [5.41, 5.74) is 0.733. The third-order valence-electron chi connectivity index (χ3n) is 1.83. The Bertz CT molecular complexity index is 305. The summed E-state index contributed by atoms with van der Waals surface area (Å²) < 4.78 is 2.58. The van der Waals surface area contributed by atoms with Gasteiger partial charge in [0.05, 0.1) is 10.7 Å². The number of rotatable bonds is 0. The molecule has 11 heavy (non-hydrogen) atoms. The van der Waals surface area contributed by atoms with E-state index in [4.69, 9.17) is 0 Å². The number of Topliss-reactive ketones (excluding diaryl/α,β-unsaturated/α-hetero) is 1. The molecule has 58 valence electrons. The molecule has 1 aliphatic heterocycles. The minimum Gasteiger partial charge on any atom is -0.292 e. The number of aromatic nitrogens is 2. The second-order valence-electron chi connectivity index (χ2n) is 2.59. The molecular weight excluding hydrogens is 208 g/mol. The lowest BCUT2D eigenvalue weighted by molar-refractivity contribution is 0.0951. The number of nitrogens with zero attached hydrogens (tertiary/aromatic N) is 2. The molecule has 0 spiro atoms. The molecule has 0 amide bonds. The molecule has 0 radical (unpaired) electrons. The van der Waals surface area contributed by atoms with Crippen molar-refractivity contribution < 1.29 is 4.79 Å². The first-order valence-electron chi connectivity index (χ1n) is 3.53. The predicted octanol–water partition coefficient (Wildman–Crippen LogP) is 1.62. The third kappa shape index (κ3) is 1.01. The van der Waals surface area contributed by atoms with Crippen molar-refractivity contribution in [2.45, 2.75) is 19.4 Å². The fraction of sp³-hybridized carbons (Fsp3) is 0.429. The zero-order valence-corrected chi connectivity index (χ0v) is 7.47. The summed E-state index contributed by atoms with van der Waals surface area (Å²) in [6, 6.07) is 0. The molecule has 0 N–H and O–H groups in total. The van der Waals surface area contributed by atoms with Crippen LogP contribution in [0.1, 0.15) is 23.3 Å². The van der Waals surface area contributed by atoms with Crippen LogP contribution in [0.4, 0.5) is 0 Å². The van der Waals surface area contributed by atoms with Gasteiger partial charge >= 0.3 is 0 Å². The number of carbonyl (C=O) groups is 1. The molecule has 0 aromatic carbocycles. The minimum absolute atomic E-state index is 0.195. The van der Waals surface area contributed by atoms with Crippen molar-refractivity contribution >= 4 is 21.7 Å². The van der Waals surface area contributed by atoms with Crippen LogP contribution in [0, 0.1) is 0 Å². The highest BCUT2D eigenvalue weighted by Crippen LogP contribution is 2.22. The van der Waals surface area contributed by atoms with Gasteiger partial charge in [-0.2, -0.15) is 5.10 Å². The Morgan fingerprint density at radius 1 is 1.64 bits per heavy atom. The smallest absolute Gasteiger partial charge is 0.182 e. The van der Waals surface area contributed by atoms with E-state index in [1.54, 1.807) is 10.9 Å². The van der Waals surface area contributed by atoms with Gasteiger partial charge in [-0.15, -0.1) is 0 Å². The zero-order chi connectivity index (χ0) is 7.84. The van der Waals surface area contributed by atoms with Gasteiger partial charge < -0.3 is 0 Å². The fourth-order valence-electron chi connectivity index (χ4n) is 1.32. The first-order valence-corrected chi connectivity index (χ1v) is 4.33. The van der Waals surface area contributed by atoms with Crippen LogP contribution >= 0.6 is 15.9 Å². The highest BCUT2D eigenvalue weighted by atomic mass is 79.9. The van der Waals surface area contributed by atoms with Crippen molar-refractivity contribution in [2.75, 3.05) is 0 Å². The first-order chi connectivity index (χ1) is 5.29. The standard InChI is InChI=1S/C7H7BrN2O/c8-5-4-9-10-3-1-2-6(11)7(5)10/h4H,1-3H2. The summed E-state index contributed by atoms with van der Waals surface area (Å²) in [5, 5.41) is 4.06. The van der Waals surface area contributed by atoms with Crippen LogP contribution in [0.2, 0.25) is 0 Å². The van der Waals surface area contributed by atoms with Crippen molar-refractivity contribution in [2.24, 2.45) is 0 Å². The number of hydrogen-bond donors (Lipinski definition) is 0. The summed E-state index contributed by atoms with van der Waals surface area (Å²) in [7, 11) is 0. The van der Waals surface area contributed by atoms with Gasteiger partial charge in [-0.1, -0.05) is 0 Å². The van der Waals surface area contributed by atoms with E-state index in [0.717, 1.165) is 23.1 Å². The Morgan fingerprint density at radius 2 is 2.45 bits per heavy atom. The summed E-state index contributed by atoms with van der Waals surface area (Å²) in [4.78, 5) is 11.3. The molecule has 1 aromatic heterocycles. The number of fused-ring (bicyclic) bond motifs is 1. The van der Waals surface area contributed by atoms with E-state index in [1.807, 2.05) is 0 Å². The molecule has 0 unspecified atom stereocenters. The zero-order valence-electron chi connectivity index (χ0n) is 5.88. The van der Waals surface area contributed by atoms with E-state index in [9.17, 15) is 4.79 Å². The van der Waals surface area contributed by atoms with Gasteiger partial charge in [0.2, 0.25) is 0 Å². The van der Waals surface area contributed by atoms with Crippen molar-refractivity contribution in [1.82, 2.24) is 9.78 Å². The van der Waals surface area contributed by atoms with Gasteiger partial charge in [0, 0.05) is 13.0 Å². The van der Waals surface area contributed by atoms with Crippen LogP contribution in [0.25, 0.3) is 0 Å². The summed E-state index contributed by atoms with van der Waals surface area (Å²) in [6.07, 6.45) is 3.25. The monoisotopic (exact) mass is 214 g/mol. The summed E-state index contributed by atoms with van der Waals surface area (Å²) >= 11 is 3.29. The fourth-order valence-corrected chi connectivity index (χ4v) is 1.83. The van der Waals surface area contributed by atoms with Crippen LogP contribution < -0.4 is 0 Å². The van der Waals surface area contributed by atoms with E-state index >= 15 is 0 Å². The highest BCUT2D eigenvalue weighted by molar-refractivity contribution is 9.10. The lowest BCUT2D eigenvalue weighted by atomic mass is 10.1. The van der Waals surface area contributed by atoms with Crippen molar-refractivity contribution in [1.29, 1.82) is 0 Å². The topological polar surface area (TPSA) is 34.9 Å². The van der Waals surface area contributed by atoms with Crippen LogP contribution in [0.5, 0.6) is 0 Å². The quantitative estimate of drug-likeness (QED) is 0.659. The highest BCUT2D eigenvalue weighted by Gasteiger charge is 2.20. The van der Waals surface area contributed by atoms with Crippen molar-refractivity contribution in [3.05, 3.63) is 16.4 Å².